The highest BCUT2D eigenvalue weighted by Gasteiger charge is 2.44. The second-order valence-corrected chi connectivity index (χ2v) is 7.53. The van der Waals surface area contributed by atoms with Crippen LogP contribution in [0.3, 0.4) is 0 Å². The number of ether oxygens (including phenoxy) is 2. The summed E-state index contributed by atoms with van der Waals surface area (Å²) in [6.07, 6.45) is -3.68. The number of aromatic hydroxyl groups is 1. The number of aromatic nitrogens is 1. The first-order chi connectivity index (χ1) is 15.5. The summed E-state index contributed by atoms with van der Waals surface area (Å²) in [5, 5.41) is 41.2. The van der Waals surface area contributed by atoms with E-state index in [1.54, 1.807) is 48.5 Å². The Kier molecular flexibility index (Phi) is 6.29. The van der Waals surface area contributed by atoms with Gasteiger partial charge in [0.25, 0.3) is 5.56 Å². The molecule has 1 fully saturated rings. The second-order valence-electron chi connectivity index (χ2n) is 7.53. The molecule has 0 saturated carbocycles. The summed E-state index contributed by atoms with van der Waals surface area (Å²) in [7, 11) is 0. The molecule has 168 valence electrons. The molecule has 1 aliphatic rings. The van der Waals surface area contributed by atoms with Gasteiger partial charge >= 0.3 is 0 Å². The maximum absolute atomic E-state index is 13.5. The van der Waals surface area contributed by atoms with Crippen LogP contribution in [0, 0.1) is 0 Å². The van der Waals surface area contributed by atoms with Crippen molar-refractivity contribution in [1.29, 1.82) is 0 Å². The van der Waals surface area contributed by atoms with E-state index >= 15 is 0 Å². The molecular formula is C24H25NO7. The first-order valence-electron chi connectivity index (χ1n) is 10.4. The van der Waals surface area contributed by atoms with Gasteiger partial charge in [0, 0.05) is 11.8 Å². The van der Waals surface area contributed by atoms with E-state index in [4.69, 9.17) is 9.47 Å². The molecule has 8 heteroatoms. The monoisotopic (exact) mass is 439 g/mol. The minimum absolute atomic E-state index is 0.0205. The Labute approximate surface area is 184 Å². The lowest BCUT2D eigenvalue weighted by Gasteiger charge is -2.21. The molecule has 0 aliphatic carbocycles. The second kappa shape index (κ2) is 9.13. The molecule has 0 spiro atoms. The lowest BCUT2D eigenvalue weighted by Crippen LogP contribution is -2.35. The molecule has 1 aliphatic heterocycles. The number of hydrogen-bond donors (Lipinski definition) is 4. The summed E-state index contributed by atoms with van der Waals surface area (Å²) >= 11 is 0. The smallest absolute Gasteiger partial charge is 0.264 e. The van der Waals surface area contributed by atoms with Gasteiger partial charge < -0.3 is 29.9 Å². The molecule has 2 heterocycles. The number of pyridine rings is 1. The molecule has 0 amide bonds. The summed E-state index contributed by atoms with van der Waals surface area (Å²) in [6, 6.07) is 15.7. The molecule has 4 N–H and O–H groups in total. The zero-order chi connectivity index (χ0) is 22.8. The maximum Gasteiger partial charge on any atom is 0.264 e. The number of benzene rings is 2. The van der Waals surface area contributed by atoms with Gasteiger partial charge in [0.15, 0.2) is 6.23 Å². The van der Waals surface area contributed by atoms with Gasteiger partial charge in [0.2, 0.25) is 0 Å². The Hall–Kier alpha value is -3.17. The molecule has 2 aromatic carbocycles. The fourth-order valence-electron chi connectivity index (χ4n) is 3.90. The lowest BCUT2D eigenvalue weighted by atomic mass is 9.99. The van der Waals surface area contributed by atoms with Crippen molar-refractivity contribution in [3.63, 3.8) is 0 Å². The normalized spacial score (nSPS) is 22.8. The zero-order valence-electron chi connectivity index (χ0n) is 17.5. The Bertz CT molecular complexity index is 1130. The van der Waals surface area contributed by atoms with Crippen molar-refractivity contribution in [2.24, 2.45) is 0 Å². The van der Waals surface area contributed by atoms with Crippen molar-refractivity contribution in [2.75, 3.05) is 13.2 Å². The standard InChI is InChI=1S/C24H25NO7/c1-2-31-16-10-8-15(9-11-16)19-20(27)17(14-6-4-3-5-7-14)12-25(23(19)30)24-22(29)21(28)18(13-26)32-24/h3-12,18,21-22,24,26-29H,2,13H2,1H3/t18-,21-,22-,24-/m1/s1. The minimum atomic E-state index is -1.44. The highest BCUT2D eigenvalue weighted by Crippen LogP contribution is 2.38. The van der Waals surface area contributed by atoms with Crippen LogP contribution in [-0.4, -0.2) is 56.5 Å². The van der Waals surface area contributed by atoms with Gasteiger partial charge in [-0.25, -0.2) is 0 Å². The first kappa shape index (κ1) is 22.0. The third kappa shape index (κ3) is 3.89. The predicted octanol–water partition coefficient (Wildman–Crippen LogP) is 1.90. The molecule has 4 rings (SSSR count). The third-order valence-electron chi connectivity index (χ3n) is 5.54. The lowest BCUT2D eigenvalue weighted by molar-refractivity contribution is -0.0542. The summed E-state index contributed by atoms with van der Waals surface area (Å²) in [5.41, 5.74) is 0.868. The number of aliphatic hydroxyl groups excluding tert-OH is 3. The van der Waals surface area contributed by atoms with Gasteiger partial charge in [0.1, 0.15) is 29.8 Å². The fraction of sp³-hybridized carbons (Fsp3) is 0.292. The van der Waals surface area contributed by atoms with Crippen molar-refractivity contribution in [1.82, 2.24) is 4.57 Å². The van der Waals surface area contributed by atoms with E-state index < -0.39 is 36.7 Å². The van der Waals surface area contributed by atoms with Crippen LogP contribution >= 0.6 is 0 Å². The van der Waals surface area contributed by atoms with Crippen molar-refractivity contribution in [2.45, 2.75) is 31.5 Å². The van der Waals surface area contributed by atoms with Gasteiger partial charge in [0.05, 0.1) is 18.8 Å². The molecule has 0 unspecified atom stereocenters. The maximum atomic E-state index is 13.5. The molecule has 32 heavy (non-hydrogen) atoms. The zero-order valence-corrected chi connectivity index (χ0v) is 17.5. The van der Waals surface area contributed by atoms with Crippen LogP contribution in [0.4, 0.5) is 0 Å². The van der Waals surface area contributed by atoms with Crippen LogP contribution in [-0.2, 0) is 4.74 Å². The Morgan fingerprint density at radius 2 is 1.69 bits per heavy atom. The SMILES string of the molecule is CCOc1ccc(-c2c(O)c(-c3ccccc3)cn([C@@H]3O[C@H](CO)[C@@H](O)[C@H]3O)c2=O)cc1. The molecule has 4 atom stereocenters. The van der Waals surface area contributed by atoms with Gasteiger partial charge in [-0.05, 0) is 30.2 Å². The van der Waals surface area contributed by atoms with E-state index in [1.807, 2.05) is 13.0 Å². The van der Waals surface area contributed by atoms with Gasteiger partial charge in [-0.15, -0.1) is 0 Å². The van der Waals surface area contributed by atoms with E-state index in [9.17, 15) is 25.2 Å². The van der Waals surface area contributed by atoms with Gasteiger partial charge in [-0.2, -0.15) is 0 Å². The quantitative estimate of drug-likeness (QED) is 0.463. The van der Waals surface area contributed by atoms with E-state index in [-0.39, 0.29) is 11.3 Å². The predicted molar refractivity (Wildman–Crippen MR) is 117 cm³/mol. The fourth-order valence-corrected chi connectivity index (χ4v) is 3.90. The van der Waals surface area contributed by atoms with Crippen LogP contribution in [0.5, 0.6) is 11.5 Å². The van der Waals surface area contributed by atoms with Crippen molar-refractivity contribution in [3.05, 3.63) is 71.1 Å². The number of aliphatic hydroxyl groups is 3. The molecule has 1 aromatic heterocycles. The minimum Gasteiger partial charge on any atom is -0.506 e. The molecule has 3 aromatic rings. The van der Waals surface area contributed by atoms with Crippen molar-refractivity contribution >= 4 is 0 Å². The Morgan fingerprint density at radius 1 is 1.00 bits per heavy atom. The van der Waals surface area contributed by atoms with Crippen molar-refractivity contribution < 1.29 is 29.9 Å². The van der Waals surface area contributed by atoms with Crippen LogP contribution in [0.2, 0.25) is 0 Å². The molecule has 1 saturated heterocycles. The van der Waals surface area contributed by atoms with Crippen LogP contribution < -0.4 is 10.3 Å². The first-order valence-corrected chi connectivity index (χ1v) is 10.4. The van der Waals surface area contributed by atoms with Crippen LogP contribution in [0.15, 0.2) is 65.6 Å². The van der Waals surface area contributed by atoms with Gasteiger partial charge in [-0.1, -0.05) is 42.5 Å². The number of hydrogen-bond acceptors (Lipinski definition) is 7. The summed E-state index contributed by atoms with van der Waals surface area (Å²) in [4.78, 5) is 13.5. The van der Waals surface area contributed by atoms with Crippen LogP contribution in [0.1, 0.15) is 13.2 Å². The summed E-state index contributed by atoms with van der Waals surface area (Å²) < 4.78 is 12.2. The average Bonchev–Trinajstić information content (AvgIpc) is 3.09. The van der Waals surface area contributed by atoms with E-state index in [0.717, 1.165) is 4.57 Å². The average molecular weight is 439 g/mol. The number of nitrogens with zero attached hydrogens (tertiary/aromatic N) is 1. The van der Waals surface area contributed by atoms with E-state index in [0.29, 0.717) is 29.0 Å². The highest BCUT2D eigenvalue weighted by atomic mass is 16.6. The highest BCUT2D eigenvalue weighted by molar-refractivity contribution is 5.81. The van der Waals surface area contributed by atoms with E-state index in [1.165, 1.54) is 6.20 Å². The van der Waals surface area contributed by atoms with Gasteiger partial charge in [-0.3, -0.25) is 9.36 Å². The van der Waals surface area contributed by atoms with E-state index in [2.05, 4.69) is 0 Å². The summed E-state index contributed by atoms with van der Waals surface area (Å²) in [6.45, 7) is 1.84. The molecule has 0 radical (unpaired) electrons. The Morgan fingerprint density at radius 3 is 2.28 bits per heavy atom. The topological polar surface area (TPSA) is 121 Å². The molecule has 8 nitrogen and oxygen atoms in total. The third-order valence-corrected chi connectivity index (χ3v) is 5.54. The van der Waals surface area contributed by atoms with Crippen molar-refractivity contribution in [3.8, 4) is 33.8 Å². The Balaban J connectivity index is 1.91. The molecule has 0 bridgehead atoms. The number of rotatable bonds is 6. The molecular weight excluding hydrogens is 414 g/mol. The summed E-state index contributed by atoms with van der Waals surface area (Å²) in [5.74, 6) is 0.409. The largest absolute Gasteiger partial charge is 0.506 e. The van der Waals surface area contributed by atoms with Crippen LogP contribution in [0.25, 0.3) is 22.3 Å².